The Morgan fingerprint density at radius 2 is 1.54 bits per heavy atom. The van der Waals surface area contributed by atoms with Gasteiger partial charge in [0.25, 0.3) is 0 Å². The van der Waals surface area contributed by atoms with E-state index >= 15 is 0 Å². The van der Waals surface area contributed by atoms with Crippen LogP contribution < -0.4 is 10.2 Å². The topological polar surface area (TPSA) is 27.7 Å². The molecule has 134 valence electrons. The van der Waals surface area contributed by atoms with E-state index in [1.165, 1.54) is 6.92 Å². The lowest BCUT2D eigenvalue weighted by Crippen LogP contribution is -2.41. The van der Waals surface area contributed by atoms with Crippen LogP contribution in [0.15, 0.2) is 12.1 Å². The number of ether oxygens (including phenoxy) is 1. The van der Waals surface area contributed by atoms with Gasteiger partial charge in [-0.3, -0.25) is 0 Å². The van der Waals surface area contributed by atoms with Gasteiger partial charge in [-0.1, -0.05) is 0 Å². The van der Waals surface area contributed by atoms with Crippen LogP contribution in [-0.2, 0) is 15.5 Å². The number of benzene rings is 1. The van der Waals surface area contributed by atoms with Gasteiger partial charge in [-0.05, 0) is 66.1 Å². The van der Waals surface area contributed by atoms with Crippen molar-refractivity contribution >= 4 is 12.6 Å². The second kappa shape index (κ2) is 5.95. The molecule has 0 amide bonds. The van der Waals surface area contributed by atoms with Gasteiger partial charge in [0.15, 0.2) is 0 Å². The first-order valence-corrected chi connectivity index (χ1v) is 7.98. The van der Waals surface area contributed by atoms with E-state index in [0.29, 0.717) is 5.46 Å². The van der Waals surface area contributed by atoms with Gasteiger partial charge in [0.1, 0.15) is 5.75 Å². The van der Waals surface area contributed by atoms with E-state index in [1.54, 1.807) is 19.9 Å². The zero-order valence-corrected chi connectivity index (χ0v) is 15.2. The lowest BCUT2D eigenvalue weighted by atomic mass is 9.77. The molecule has 7 heteroatoms. The van der Waals surface area contributed by atoms with Gasteiger partial charge in [-0.25, -0.2) is 0 Å². The molecule has 1 saturated heterocycles. The predicted octanol–water partition coefficient (Wildman–Crippen LogP) is 4.10. The van der Waals surface area contributed by atoms with Gasteiger partial charge in [0.05, 0.1) is 22.9 Å². The number of hydrogen-bond acceptors (Lipinski definition) is 3. The predicted molar refractivity (Wildman–Crippen MR) is 87.7 cm³/mol. The van der Waals surface area contributed by atoms with Crippen LogP contribution in [0.25, 0.3) is 0 Å². The molecule has 0 spiro atoms. The van der Waals surface area contributed by atoms with Gasteiger partial charge in [0, 0.05) is 5.56 Å². The highest BCUT2D eigenvalue weighted by atomic mass is 19.4. The Hall–Kier alpha value is -1.21. The fourth-order valence-corrected chi connectivity index (χ4v) is 2.49. The number of rotatable bonds is 3. The zero-order chi connectivity index (χ0) is 18.5. The highest BCUT2D eigenvalue weighted by molar-refractivity contribution is 6.62. The molecule has 24 heavy (non-hydrogen) atoms. The molecular weight excluding hydrogens is 320 g/mol. The first-order valence-electron chi connectivity index (χ1n) is 7.98. The molecule has 3 nitrogen and oxygen atoms in total. The molecule has 1 aromatic carbocycles. The monoisotopic (exact) mass is 344 g/mol. The zero-order valence-electron chi connectivity index (χ0n) is 15.2. The maximum atomic E-state index is 13.4. The van der Waals surface area contributed by atoms with Crippen molar-refractivity contribution in [2.75, 3.05) is 0 Å². The van der Waals surface area contributed by atoms with E-state index in [-0.39, 0.29) is 17.4 Å². The minimum atomic E-state index is -4.47. The van der Waals surface area contributed by atoms with Crippen LogP contribution in [0.5, 0.6) is 5.75 Å². The summed E-state index contributed by atoms with van der Waals surface area (Å²) in [5.74, 6) is 0.199. The largest absolute Gasteiger partial charge is 0.494 e. The standard InChI is InChI=1S/C17H24BF3O3/c1-10(2)22-14-9-12(8-13(11(14)3)17(19,20)21)18-23-15(4,5)16(6,7)24-18/h8-10H,1-7H3. The molecule has 1 aliphatic rings. The molecule has 0 atom stereocenters. The second-order valence-electron chi connectivity index (χ2n) is 7.44. The molecule has 1 heterocycles. The van der Waals surface area contributed by atoms with Crippen LogP contribution in [0.4, 0.5) is 13.2 Å². The van der Waals surface area contributed by atoms with Crippen LogP contribution in [0.1, 0.15) is 52.7 Å². The fourth-order valence-electron chi connectivity index (χ4n) is 2.49. The summed E-state index contributed by atoms with van der Waals surface area (Å²) in [4.78, 5) is 0. The van der Waals surface area contributed by atoms with E-state index in [1.807, 2.05) is 27.7 Å². The van der Waals surface area contributed by atoms with Crippen LogP contribution >= 0.6 is 0 Å². The third kappa shape index (κ3) is 3.57. The van der Waals surface area contributed by atoms with Crippen LogP contribution in [-0.4, -0.2) is 24.4 Å². The third-order valence-electron chi connectivity index (χ3n) is 4.58. The van der Waals surface area contributed by atoms with E-state index in [0.717, 1.165) is 6.07 Å². The molecule has 0 aromatic heterocycles. The molecule has 0 saturated carbocycles. The fraction of sp³-hybridized carbons (Fsp3) is 0.647. The van der Waals surface area contributed by atoms with Gasteiger partial charge in [-0.15, -0.1) is 0 Å². The van der Waals surface area contributed by atoms with Gasteiger partial charge >= 0.3 is 13.3 Å². The third-order valence-corrected chi connectivity index (χ3v) is 4.58. The van der Waals surface area contributed by atoms with Crippen LogP contribution in [0.2, 0.25) is 0 Å². The smallest absolute Gasteiger partial charge is 0.491 e. The van der Waals surface area contributed by atoms with Crippen molar-refractivity contribution in [2.24, 2.45) is 0 Å². The second-order valence-corrected chi connectivity index (χ2v) is 7.44. The summed E-state index contributed by atoms with van der Waals surface area (Å²) in [6.45, 7) is 12.4. The van der Waals surface area contributed by atoms with Crippen molar-refractivity contribution in [2.45, 2.75) is 71.9 Å². The van der Waals surface area contributed by atoms with Crippen molar-refractivity contribution in [3.05, 3.63) is 23.3 Å². The summed E-state index contributed by atoms with van der Waals surface area (Å²) >= 11 is 0. The van der Waals surface area contributed by atoms with E-state index in [2.05, 4.69) is 0 Å². The van der Waals surface area contributed by atoms with E-state index < -0.39 is 30.1 Å². The molecule has 1 aliphatic heterocycles. The average Bonchev–Trinajstić information content (AvgIpc) is 2.59. The maximum Gasteiger partial charge on any atom is 0.494 e. The Balaban J connectivity index is 2.51. The molecule has 0 aliphatic carbocycles. The average molecular weight is 344 g/mol. The number of halogens is 3. The van der Waals surface area contributed by atoms with Crippen molar-refractivity contribution in [3.63, 3.8) is 0 Å². The Bertz CT molecular complexity index is 608. The minimum absolute atomic E-state index is 0.0662. The first kappa shape index (κ1) is 19.1. The summed E-state index contributed by atoms with van der Waals surface area (Å²) < 4.78 is 57.5. The van der Waals surface area contributed by atoms with Crippen LogP contribution in [0.3, 0.4) is 0 Å². The molecule has 1 aromatic rings. The van der Waals surface area contributed by atoms with Crippen LogP contribution in [0, 0.1) is 6.92 Å². The highest BCUT2D eigenvalue weighted by Gasteiger charge is 2.52. The lowest BCUT2D eigenvalue weighted by molar-refractivity contribution is -0.138. The highest BCUT2D eigenvalue weighted by Crippen LogP contribution is 2.39. The quantitative estimate of drug-likeness (QED) is 0.773. The van der Waals surface area contributed by atoms with Gasteiger partial charge < -0.3 is 14.0 Å². The first-order chi connectivity index (χ1) is 10.7. The Labute approximate surface area is 141 Å². The van der Waals surface area contributed by atoms with Gasteiger partial charge in [0.2, 0.25) is 0 Å². The molecular formula is C17H24BF3O3. The molecule has 2 rings (SSSR count). The summed E-state index contributed by atoms with van der Waals surface area (Å²) in [5, 5.41) is 0. The Morgan fingerprint density at radius 1 is 1.04 bits per heavy atom. The van der Waals surface area contributed by atoms with E-state index in [4.69, 9.17) is 14.0 Å². The SMILES string of the molecule is Cc1c(OC(C)C)cc(B2OC(C)(C)C(C)(C)O2)cc1C(F)(F)F. The van der Waals surface area contributed by atoms with Crippen molar-refractivity contribution in [1.29, 1.82) is 0 Å². The lowest BCUT2D eigenvalue weighted by Gasteiger charge is -2.32. The molecule has 1 fully saturated rings. The Kier molecular flexibility index (Phi) is 4.74. The normalized spacial score (nSPS) is 19.9. The van der Waals surface area contributed by atoms with Crippen molar-refractivity contribution in [3.8, 4) is 5.75 Å². The summed E-state index contributed by atoms with van der Waals surface area (Å²) in [5.41, 5.74) is -1.61. The maximum absolute atomic E-state index is 13.4. The Morgan fingerprint density at radius 3 is 1.96 bits per heavy atom. The molecule has 0 N–H and O–H groups in total. The molecule has 0 bridgehead atoms. The minimum Gasteiger partial charge on any atom is -0.491 e. The molecule has 0 radical (unpaired) electrons. The summed E-state index contributed by atoms with van der Waals surface area (Å²) in [7, 11) is -0.869. The van der Waals surface area contributed by atoms with Crippen molar-refractivity contribution < 1.29 is 27.2 Å². The number of alkyl halides is 3. The summed E-state index contributed by atoms with van der Waals surface area (Å²) in [6, 6.07) is 2.66. The van der Waals surface area contributed by atoms with E-state index in [9.17, 15) is 13.2 Å². The summed E-state index contributed by atoms with van der Waals surface area (Å²) in [6.07, 6.45) is -4.71. The van der Waals surface area contributed by atoms with Crippen molar-refractivity contribution in [1.82, 2.24) is 0 Å². The molecule has 0 unspecified atom stereocenters. The number of hydrogen-bond donors (Lipinski definition) is 0. The van der Waals surface area contributed by atoms with Gasteiger partial charge in [-0.2, -0.15) is 13.2 Å².